The van der Waals surface area contributed by atoms with E-state index in [1.54, 1.807) is 24.5 Å². The highest BCUT2D eigenvalue weighted by Gasteiger charge is 2.18. The van der Waals surface area contributed by atoms with Crippen LogP contribution in [0.2, 0.25) is 0 Å². The molecule has 0 spiro atoms. The maximum atomic E-state index is 14.6. The molecule has 1 aromatic carbocycles. The van der Waals surface area contributed by atoms with Crippen molar-refractivity contribution in [2.24, 2.45) is 0 Å². The van der Waals surface area contributed by atoms with Gasteiger partial charge in [0.25, 0.3) is 0 Å². The molecule has 6 aromatic rings. The number of imidazole rings is 1. The van der Waals surface area contributed by atoms with Crippen LogP contribution in [-0.2, 0) is 22.8 Å². The average Bonchev–Trinajstić information content (AvgIpc) is 3.54. The van der Waals surface area contributed by atoms with Gasteiger partial charge in [-0.2, -0.15) is 5.10 Å². The number of nitrogens with one attached hydrogen (secondary N) is 2. The minimum atomic E-state index is -3.18. The number of pyridine rings is 3. The molecule has 6 rings (SSSR count). The van der Waals surface area contributed by atoms with Crippen LogP contribution in [0.15, 0.2) is 61.1 Å². The first kappa shape index (κ1) is 26.7. The van der Waals surface area contributed by atoms with Gasteiger partial charge in [-0.25, -0.2) is 27.8 Å². The molecular formula is C29H27FN8O2S. The van der Waals surface area contributed by atoms with Crippen molar-refractivity contribution in [2.45, 2.75) is 13.0 Å². The lowest BCUT2D eigenvalue weighted by Gasteiger charge is -2.10. The first-order valence-corrected chi connectivity index (χ1v) is 15.0. The van der Waals surface area contributed by atoms with Crippen LogP contribution in [-0.4, -0.2) is 74.5 Å². The van der Waals surface area contributed by atoms with E-state index in [1.165, 1.54) is 18.4 Å². The van der Waals surface area contributed by atoms with Crippen molar-refractivity contribution in [3.8, 4) is 33.9 Å². The Balaban J connectivity index is 1.40. The molecular weight excluding hydrogens is 543 g/mol. The third-order valence-electron chi connectivity index (χ3n) is 6.64. The number of hydrogen-bond donors (Lipinski definition) is 2. The zero-order valence-corrected chi connectivity index (χ0v) is 23.5. The maximum Gasteiger partial charge on any atom is 0.178 e. The number of rotatable bonds is 8. The number of aromatic nitrogens is 7. The Morgan fingerprint density at radius 3 is 2.61 bits per heavy atom. The van der Waals surface area contributed by atoms with Crippen LogP contribution in [0.25, 0.3) is 56.1 Å². The zero-order chi connectivity index (χ0) is 28.7. The third-order valence-corrected chi connectivity index (χ3v) is 7.59. The van der Waals surface area contributed by atoms with Crippen molar-refractivity contribution in [1.82, 2.24) is 40.0 Å². The summed E-state index contributed by atoms with van der Waals surface area (Å²) in [5, 5.41) is 7.50. The number of hydrogen-bond acceptors (Lipinski definition) is 8. The van der Waals surface area contributed by atoms with Gasteiger partial charge >= 0.3 is 0 Å². The number of aromatic amines is 2. The molecule has 0 aliphatic rings. The summed E-state index contributed by atoms with van der Waals surface area (Å²) in [5.74, 6) is -0.0495. The SMILES string of the molecule is CN(C)Cc1cncc(-c2ccc3[nH]nc(-c4nc5nccc(-c6cc(F)cc(CCS(C)(=O)=O)c6)c5[nH]4)c3n2)c1. The number of fused-ring (bicyclic) bond motifs is 2. The molecule has 0 atom stereocenters. The predicted molar refractivity (Wildman–Crippen MR) is 156 cm³/mol. The second kappa shape index (κ2) is 10.5. The van der Waals surface area contributed by atoms with Gasteiger partial charge in [0.2, 0.25) is 0 Å². The molecule has 0 radical (unpaired) electrons. The van der Waals surface area contributed by atoms with E-state index in [0.717, 1.165) is 28.9 Å². The first-order chi connectivity index (χ1) is 19.6. The van der Waals surface area contributed by atoms with Gasteiger partial charge in [0.15, 0.2) is 17.2 Å². The quantitative estimate of drug-likeness (QED) is 0.275. The summed E-state index contributed by atoms with van der Waals surface area (Å²) in [6.07, 6.45) is 6.62. The monoisotopic (exact) mass is 570 g/mol. The molecule has 0 aliphatic carbocycles. The van der Waals surface area contributed by atoms with Gasteiger partial charge in [-0.15, -0.1) is 0 Å². The van der Waals surface area contributed by atoms with Crippen molar-refractivity contribution >= 4 is 32.0 Å². The summed E-state index contributed by atoms with van der Waals surface area (Å²) in [7, 11) is 0.832. The van der Waals surface area contributed by atoms with Crippen molar-refractivity contribution in [1.29, 1.82) is 0 Å². The fraction of sp³-hybridized carbons (Fsp3) is 0.207. The van der Waals surface area contributed by atoms with E-state index in [0.29, 0.717) is 44.9 Å². The highest BCUT2D eigenvalue weighted by atomic mass is 32.2. The van der Waals surface area contributed by atoms with Crippen molar-refractivity contribution in [3.05, 3.63) is 78.0 Å². The third kappa shape index (κ3) is 5.70. The summed E-state index contributed by atoms with van der Waals surface area (Å²) in [4.78, 5) is 23.7. The maximum absolute atomic E-state index is 14.6. The second-order valence-electron chi connectivity index (χ2n) is 10.4. The van der Waals surface area contributed by atoms with Gasteiger partial charge in [0, 0.05) is 42.5 Å². The van der Waals surface area contributed by atoms with E-state index in [4.69, 9.17) is 4.98 Å². The lowest BCUT2D eigenvalue weighted by molar-refractivity contribution is 0.402. The summed E-state index contributed by atoms with van der Waals surface area (Å²) in [6, 6.07) is 12.2. The van der Waals surface area contributed by atoms with E-state index in [2.05, 4.69) is 41.1 Å². The molecule has 0 unspecified atom stereocenters. The van der Waals surface area contributed by atoms with Gasteiger partial charge in [0.1, 0.15) is 21.2 Å². The summed E-state index contributed by atoms with van der Waals surface area (Å²) >= 11 is 0. The van der Waals surface area contributed by atoms with Crippen molar-refractivity contribution < 1.29 is 12.8 Å². The van der Waals surface area contributed by atoms with E-state index in [-0.39, 0.29) is 12.2 Å². The largest absolute Gasteiger partial charge is 0.335 e. The number of aryl methyl sites for hydroxylation is 1. The molecule has 12 heteroatoms. The summed E-state index contributed by atoms with van der Waals surface area (Å²) < 4.78 is 37.9. The minimum absolute atomic E-state index is 0.0624. The Morgan fingerprint density at radius 2 is 1.80 bits per heavy atom. The molecule has 0 fully saturated rings. The van der Waals surface area contributed by atoms with E-state index in [9.17, 15) is 12.8 Å². The van der Waals surface area contributed by atoms with Gasteiger partial charge in [0.05, 0.1) is 22.5 Å². The van der Waals surface area contributed by atoms with Crippen LogP contribution < -0.4 is 0 Å². The van der Waals surface area contributed by atoms with Gasteiger partial charge in [-0.05, 0) is 73.6 Å². The van der Waals surface area contributed by atoms with Crippen LogP contribution in [0.1, 0.15) is 11.1 Å². The molecule has 0 amide bonds. The fourth-order valence-electron chi connectivity index (χ4n) is 4.82. The number of nitrogens with zero attached hydrogens (tertiary/aromatic N) is 6. The Morgan fingerprint density at radius 1 is 0.976 bits per heavy atom. The summed E-state index contributed by atoms with van der Waals surface area (Å²) in [5.41, 5.74) is 7.54. The molecule has 0 aliphatic heterocycles. The molecule has 10 nitrogen and oxygen atoms in total. The van der Waals surface area contributed by atoms with Crippen LogP contribution in [0.5, 0.6) is 0 Å². The highest BCUT2D eigenvalue weighted by Crippen LogP contribution is 2.32. The van der Waals surface area contributed by atoms with E-state index in [1.807, 2.05) is 32.4 Å². The number of H-pyrrole nitrogens is 2. The predicted octanol–water partition coefficient (Wildman–Crippen LogP) is 4.41. The Labute approximate surface area is 235 Å². The van der Waals surface area contributed by atoms with Crippen LogP contribution >= 0.6 is 0 Å². The topological polar surface area (TPSA) is 133 Å². The summed E-state index contributed by atoms with van der Waals surface area (Å²) in [6.45, 7) is 0.763. The molecule has 208 valence electrons. The number of sulfone groups is 1. The smallest absolute Gasteiger partial charge is 0.178 e. The van der Waals surface area contributed by atoms with Gasteiger partial charge in [-0.1, -0.05) is 6.07 Å². The molecule has 0 saturated carbocycles. The Kier molecular flexibility index (Phi) is 6.80. The first-order valence-electron chi connectivity index (χ1n) is 12.9. The lowest BCUT2D eigenvalue weighted by atomic mass is 10.0. The zero-order valence-electron chi connectivity index (χ0n) is 22.7. The molecule has 41 heavy (non-hydrogen) atoms. The minimum Gasteiger partial charge on any atom is -0.335 e. The molecule has 5 heterocycles. The molecule has 2 N–H and O–H groups in total. The van der Waals surface area contributed by atoms with Crippen LogP contribution in [0, 0.1) is 5.82 Å². The standard InChI is InChI=1S/C29H27FN8O2S/c1-38(2)16-18-11-20(15-31-14-18)23-4-5-24-26(33-23)27(37-36-24)29-34-25-22(6-8-32-28(25)35-29)19-10-17(12-21(30)13-19)7-9-41(3,39)40/h4-6,8,10-15H,7,9,16H2,1-3H3,(H,36,37)(H,32,34,35). The number of benzene rings is 1. The second-order valence-corrected chi connectivity index (χ2v) is 12.6. The van der Waals surface area contributed by atoms with Gasteiger partial charge in [-0.3, -0.25) is 10.1 Å². The molecule has 5 aromatic heterocycles. The van der Waals surface area contributed by atoms with Crippen molar-refractivity contribution in [3.63, 3.8) is 0 Å². The molecule has 0 saturated heterocycles. The highest BCUT2D eigenvalue weighted by molar-refractivity contribution is 7.90. The van der Waals surface area contributed by atoms with Crippen LogP contribution in [0.4, 0.5) is 4.39 Å². The van der Waals surface area contributed by atoms with E-state index >= 15 is 0 Å². The normalized spacial score (nSPS) is 12.1. The molecule has 0 bridgehead atoms. The Hall–Kier alpha value is -4.55. The number of halogens is 1. The van der Waals surface area contributed by atoms with E-state index < -0.39 is 15.7 Å². The fourth-order valence-corrected chi connectivity index (χ4v) is 5.43. The Bertz CT molecular complexity index is 2020. The van der Waals surface area contributed by atoms with Crippen LogP contribution in [0.3, 0.4) is 0 Å². The lowest BCUT2D eigenvalue weighted by Crippen LogP contribution is -2.10. The van der Waals surface area contributed by atoms with Gasteiger partial charge < -0.3 is 9.88 Å². The average molecular weight is 571 g/mol. The van der Waals surface area contributed by atoms with Crippen molar-refractivity contribution in [2.75, 3.05) is 26.1 Å².